The van der Waals surface area contributed by atoms with E-state index in [1.54, 1.807) is 11.3 Å². The van der Waals surface area contributed by atoms with Crippen LogP contribution in [0.3, 0.4) is 0 Å². The Morgan fingerprint density at radius 1 is 1.41 bits per heavy atom. The summed E-state index contributed by atoms with van der Waals surface area (Å²) in [4.78, 5) is 5.54. The lowest BCUT2D eigenvalue weighted by atomic mass is 10.3. The molecule has 3 rings (SSSR count). The van der Waals surface area contributed by atoms with Crippen molar-refractivity contribution in [1.29, 1.82) is 0 Å². The average molecular weight is 264 g/mol. The maximum absolute atomic E-state index is 6.09. The van der Waals surface area contributed by atoms with Crippen LogP contribution in [0, 0.1) is 6.92 Å². The number of nitrogens with two attached hydrogens (primary N) is 1. The molecule has 3 nitrogen and oxygen atoms in total. The molecular weight excluding hydrogens is 254 g/mol. The van der Waals surface area contributed by atoms with Gasteiger partial charge in [0.2, 0.25) is 0 Å². The first kappa shape index (κ1) is 10.6. The molecule has 0 amide bonds. The number of rotatable bonds is 1. The minimum absolute atomic E-state index is 0.651. The second-order valence-electron chi connectivity index (χ2n) is 3.91. The molecule has 3 aromatic heterocycles. The van der Waals surface area contributed by atoms with Crippen molar-refractivity contribution in [3.05, 3.63) is 40.4 Å². The van der Waals surface area contributed by atoms with Crippen molar-refractivity contribution in [2.45, 2.75) is 6.92 Å². The Hall–Kier alpha value is -1.52. The van der Waals surface area contributed by atoms with Crippen LogP contribution < -0.4 is 5.73 Å². The van der Waals surface area contributed by atoms with Crippen LogP contribution in [0.2, 0.25) is 5.02 Å². The minimum Gasteiger partial charge on any atom is -0.383 e. The summed E-state index contributed by atoms with van der Waals surface area (Å²) in [6, 6.07) is 5.91. The summed E-state index contributed by atoms with van der Waals surface area (Å²) in [7, 11) is 0. The molecular formula is C12H10ClN3S. The maximum Gasteiger partial charge on any atom is 0.139 e. The highest BCUT2D eigenvalue weighted by Crippen LogP contribution is 2.33. The Bertz CT molecular complexity index is 699. The number of hydrogen-bond acceptors (Lipinski definition) is 3. The van der Waals surface area contributed by atoms with Crippen molar-refractivity contribution in [2.75, 3.05) is 5.73 Å². The number of hydrogen-bond donors (Lipinski definition) is 1. The molecule has 0 spiro atoms. The average Bonchev–Trinajstić information content (AvgIpc) is 2.83. The number of aromatic nitrogens is 2. The number of thiophene rings is 1. The lowest BCUT2D eigenvalue weighted by molar-refractivity contribution is 1.18. The number of halogens is 1. The molecule has 3 heterocycles. The highest BCUT2D eigenvalue weighted by molar-refractivity contribution is 7.14. The topological polar surface area (TPSA) is 43.3 Å². The molecule has 86 valence electrons. The van der Waals surface area contributed by atoms with Crippen LogP contribution in [0.25, 0.3) is 16.2 Å². The van der Waals surface area contributed by atoms with Crippen molar-refractivity contribution in [3.8, 4) is 10.6 Å². The Kier molecular flexibility index (Phi) is 2.34. The number of nitrogens with zero attached hydrogens (tertiary/aromatic N) is 2. The molecule has 17 heavy (non-hydrogen) atoms. The predicted molar refractivity (Wildman–Crippen MR) is 72.7 cm³/mol. The molecule has 0 fully saturated rings. The quantitative estimate of drug-likeness (QED) is 0.729. The van der Waals surface area contributed by atoms with Gasteiger partial charge < -0.3 is 5.73 Å². The van der Waals surface area contributed by atoms with Crippen LogP contribution in [0.4, 0.5) is 5.82 Å². The van der Waals surface area contributed by atoms with E-state index in [0.29, 0.717) is 5.82 Å². The number of imidazole rings is 1. The van der Waals surface area contributed by atoms with Gasteiger partial charge in [-0.1, -0.05) is 11.6 Å². The second kappa shape index (κ2) is 3.75. The molecule has 3 aromatic rings. The SMILES string of the molecule is Cc1ccn2c(N)c(-c3cc(Cl)cs3)nc2c1. The van der Waals surface area contributed by atoms with Crippen molar-refractivity contribution in [2.24, 2.45) is 0 Å². The van der Waals surface area contributed by atoms with Crippen LogP contribution in [0.1, 0.15) is 5.56 Å². The maximum atomic E-state index is 6.09. The molecule has 0 aromatic carbocycles. The van der Waals surface area contributed by atoms with Gasteiger partial charge in [-0.15, -0.1) is 11.3 Å². The summed E-state index contributed by atoms with van der Waals surface area (Å²) >= 11 is 7.47. The van der Waals surface area contributed by atoms with E-state index in [9.17, 15) is 0 Å². The monoisotopic (exact) mass is 263 g/mol. The van der Waals surface area contributed by atoms with E-state index in [1.807, 2.05) is 41.1 Å². The van der Waals surface area contributed by atoms with Crippen molar-refractivity contribution < 1.29 is 0 Å². The van der Waals surface area contributed by atoms with E-state index < -0.39 is 0 Å². The Morgan fingerprint density at radius 3 is 2.94 bits per heavy atom. The van der Waals surface area contributed by atoms with Crippen molar-refractivity contribution in [1.82, 2.24) is 9.38 Å². The predicted octanol–water partition coefficient (Wildman–Crippen LogP) is 3.61. The Morgan fingerprint density at radius 2 is 2.24 bits per heavy atom. The molecule has 0 aliphatic carbocycles. The van der Waals surface area contributed by atoms with Gasteiger partial charge in [-0.2, -0.15) is 0 Å². The molecule has 0 radical (unpaired) electrons. The molecule has 0 atom stereocenters. The van der Waals surface area contributed by atoms with Gasteiger partial charge in [-0.25, -0.2) is 4.98 Å². The lowest BCUT2D eigenvalue weighted by Gasteiger charge is -1.97. The first-order valence-corrected chi connectivity index (χ1v) is 6.39. The lowest BCUT2D eigenvalue weighted by Crippen LogP contribution is -1.93. The summed E-state index contributed by atoms with van der Waals surface area (Å²) in [6.45, 7) is 2.03. The van der Waals surface area contributed by atoms with Crippen LogP contribution in [-0.4, -0.2) is 9.38 Å². The fourth-order valence-corrected chi connectivity index (χ4v) is 2.86. The van der Waals surface area contributed by atoms with Gasteiger partial charge in [0.25, 0.3) is 0 Å². The number of anilines is 1. The highest BCUT2D eigenvalue weighted by Gasteiger charge is 2.12. The standard InChI is InChI=1S/C12H10ClN3S/c1-7-2-3-16-10(4-7)15-11(12(16)14)9-5-8(13)6-17-9/h2-6H,14H2,1H3. The molecule has 0 bridgehead atoms. The van der Waals surface area contributed by atoms with E-state index in [2.05, 4.69) is 4.98 Å². The molecule has 0 saturated carbocycles. The van der Waals surface area contributed by atoms with Gasteiger partial charge in [0.15, 0.2) is 0 Å². The third kappa shape index (κ3) is 1.69. The van der Waals surface area contributed by atoms with Crippen LogP contribution >= 0.6 is 22.9 Å². The van der Waals surface area contributed by atoms with Gasteiger partial charge in [-0.3, -0.25) is 4.40 Å². The third-order valence-corrected chi connectivity index (χ3v) is 3.90. The number of fused-ring (bicyclic) bond motifs is 1. The van der Waals surface area contributed by atoms with E-state index in [1.165, 1.54) is 5.56 Å². The smallest absolute Gasteiger partial charge is 0.139 e. The number of pyridine rings is 1. The number of aryl methyl sites for hydroxylation is 1. The highest BCUT2D eigenvalue weighted by atomic mass is 35.5. The molecule has 2 N–H and O–H groups in total. The fraction of sp³-hybridized carbons (Fsp3) is 0.0833. The van der Waals surface area contributed by atoms with Crippen molar-refractivity contribution >= 4 is 34.4 Å². The van der Waals surface area contributed by atoms with Crippen LogP contribution in [-0.2, 0) is 0 Å². The third-order valence-electron chi connectivity index (χ3n) is 2.62. The largest absolute Gasteiger partial charge is 0.383 e. The molecule has 0 aliphatic heterocycles. The normalized spacial score (nSPS) is 11.2. The summed E-state index contributed by atoms with van der Waals surface area (Å²) in [6.07, 6.45) is 1.94. The summed E-state index contributed by atoms with van der Waals surface area (Å²) in [5, 5.41) is 2.60. The summed E-state index contributed by atoms with van der Waals surface area (Å²) < 4.78 is 1.88. The first-order valence-electron chi connectivity index (χ1n) is 5.14. The molecule has 0 aliphatic rings. The second-order valence-corrected chi connectivity index (χ2v) is 5.25. The fourth-order valence-electron chi connectivity index (χ4n) is 1.78. The van der Waals surface area contributed by atoms with Crippen LogP contribution in [0.15, 0.2) is 29.8 Å². The Labute approximate surface area is 107 Å². The summed E-state index contributed by atoms with van der Waals surface area (Å²) in [5.74, 6) is 0.651. The van der Waals surface area contributed by atoms with Gasteiger partial charge in [-0.05, 0) is 30.7 Å². The van der Waals surface area contributed by atoms with Gasteiger partial charge in [0, 0.05) is 11.6 Å². The summed E-state index contributed by atoms with van der Waals surface area (Å²) in [5.41, 5.74) is 8.92. The molecule has 5 heteroatoms. The zero-order chi connectivity index (χ0) is 12.0. The zero-order valence-corrected chi connectivity index (χ0v) is 10.7. The first-order chi connectivity index (χ1) is 8.15. The number of nitrogen functional groups attached to an aromatic ring is 1. The van der Waals surface area contributed by atoms with Crippen LogP contribution in [0.5, 0.6) is 0 Å². The zero-order valence-electron chi connectivity index (χ0n) is 9.14. The van der Waals surface area contributed by atoms with Gasteiger partial charge in [0.05, 0.1) is 9.90 Å². The van der Waals surface area contributed by atoms with E-state index >= 15 is 0 Å². The van der Waals surface area contributed by atoms with Gasteiger partial charge >= 0.3 is 0 Å². The van der Waals surface area contributed by atoms with Crippen molar-refractivity contribution in [3.63, 3.8) is 0 Å². The van der Waals surface area contributed by atoms with Gasteiger partial charge in [0.1, 0.15) is 17.2 Å². The van der Waals surface area contributed by atoms with E-state index in [4.69, 9.17) is 17.3 Å². The van der Waals surface area contributed by atoms with E-state index in [0.717, 1.165) is 21.2 Å². The Balaban J connectivity index is 2.27. The van der Waals surface area contributed by atoms with E-state index in [-0.39, 0.29) is 0 Å². The minimum atomic E-state index is 0.651. The molecule has 0 unspecified atom stereocenters. The molecule has 0 saturated heterocycles.